The minimum absolute atomic E-state index is 0.235. The van der Waals surface area contributed by atoms with Crippen LogP contribution in [0.2, 0.25) is 0 Å². The molecule has 0 aliphatic carbocycles. The molecule has 1 rings (SSSR count). The van der Waals surface area contributed by atoms with Crippen LogP contribution in [0.1, 0.15) is 11.5 Å². The number of phenolic OH excluding ortho intramolecular Hbond substituents is 1. The molecule has 0 aliphatic rings. The maximum atomic E-state index is 12.4. The highest BCUT2D eigenvalue weighted by Crippen LogP contribution is 2.49. The van der Waals surface area contributed by atoms with Crippen LogP contribution >= 0.6 is 0 Å². The van der Waals surface area contributed by atoms with Crippen molar-refractivity contribution in [1.82, 2.24) is 0 Å². The predicted molar refractivity (Wildman–Crippen MR) is 49.6 cm³/mol. The molecule has 0 atom stereocenters. The van der Waals surface area contributed by atoms with Gasteiger partial charge in [-0.15, -0.1) is 0 Å². The van der Waals surface area contributed by atoms with Crippen LogP contribution in [0, 0.1) is 10.1 Å². The summed E-state index contributed by atoms with van der Waals surface area (Å²) in [7, 11) is 0. The van der Waals surface area contributed by atoms with E-state index in [1.165, 1.54) is 0 Å². The second-order valence-electron chi connectivity index (χ2n) is 3.52. The van der Waals surface area contributed by atoms with Crippen LogP contribution in [0.4, 0.5) is 32.0 Å². The molecule has 4 nitrogen and oxygen atoms in total. The number of benzene rings is 1. The van der Waals surface area contributed by atoms with E-state index >= 15 is 0 Å². The van der Waals surface area contributed by atoms with E-state index in [9.17, 15) is 36.5 Å². The molecule has 0 aromatic heterocycles. The molecular formula is C9H5F6NO3. The maximum absolute atomic E-state index is 12.4. The predicted octanol–water partition coefficient (Wildman–Crippen LogP) is 3.51. The summed E-state index contributed by atoms with van der Waals surface area (Å²) in [5.41, 5.74) is -3.01. The molecular weight excluding hydrogens is 284 g/mol. The molecule has 0 saturated heterocycles. The van der Waals surface area contributed by atoms with E-state index in [0.717, 1.165) is 0 Å². The third kappa shape index (κ3) is 3.26. The molecule has 1 aromatic carbocycles. The van der Waals surface area contributed by atoms with Gasteiger partial charge >= 0.3 is 12.4 Å². The number of hydrogen-bond acceptors (Lipinski definition) is 3. The van der Waals surface area contributed by atoms with Gasteiger partial charge in [-0.05, 0) is 12.1 Å². The van der Waals surface area contributed by atoms with Crippen molar-refractivity contribution in [1.29, 1.82) is 0 Å². The van der Waals surface area contributed by atoms with Gasteiger partial charge in [0.25, 0.3) is 5.69 Å². The molecule has 106 valence electrons. The monoisotopic (exact) mass is 289 g/mol. The molecule has 0 aliphatic heterocycles. The summed E-state index contributed by atoms with van der Waals surface area (Å²) >= 11 is 0. The molecule has 0 bridgehead atoms. The fraction of sp³-hybridized carbons (Fsp3) is 0.333. The van der Waals surface area contributed by atoms with Gasteiger partial charge in [0.05, 0.1) is 16.6 Å². The summed E-state index contributed by atoms with van der Waals surface area (Å²) in [6, 6.07) is 0.992. The van der Waals surface area contributed by atoms with Crippen molar-refractivity contribution in [3.63, 3.8) is 0 Å². The van der Waals surface area contributed by atoms with Crippen molar-refractivity contribution in [2.45, 2.75) is 18.3 Å². The van der Waals surface area contributed by atoms with Crippen molar-refractivity contribution in [3.8, 4) is 5.75 Å². The molecule has 0 radical (unpaired) electrons. The molecule has 0 heterocycles. The number of halogens is 6. The SMILES string of the molecule is O=[N+]([O-])c1cc(O)ccc1C(C(F)(F)F)C(F)(F)F. The van der Waals surface area contributed by atoms with Gasteiger partial charge in [0, 0.05) is 0 Å². The molecule has 19 heavy (non-hydrogen) atoms. The fourth-order valence-electron chi connectivity index (χ4n) is 1.47. The zero-order chi connectivity index (χ0) is 15.0. The quantitative estimate of drug-likeness (QED) is 0.515. The Morgan fingerprint density at radius 2 is 1.58 bits per heavy atom. The number of phenols is 1. The highest BCUT2D eigenvalue weighted by Gasteiger charge is 2.59. The van der Waals surface area contributed by atoms with Crippen LogP contribution in [0.5, 0.6) is 5.75 Å². The Bertz CT molecular complexity index is 482. The second-order valence-corrected chi connectivity index (χ2v) is 3.52. The lowest BCUT2D eigenvalue weighted by atomic mass is 9.96. The summed E-state index contributed by atoms with van der Waals surface area (Å²) in [4.78, 5) is 9.07. The summed E-state index contributed by atoms with van der Waals surface area (Å²) in [5.74, 6) is -4.79. The van der Waals surface area contributed by atoms with Gasteiger partial charge in [0.1, 0.15) is 5.75 Å². The van der Waals surface area contributed by atoms with Crippen molar-refractivity contribution in [3.05, 3.63) is 33.9 Å². The molecule has 0 unspecified atom stereocenters. The Labute approximate surface area is 101 Å². The van der Waals surface area contributed by atoms with E-state index in [1.807, 2.05) is 0 Å². The van der Waals surface area contributed by atoms with Crippen molar-refractivity contribution in [2.75, 3.05) is 0 Å². The number of alkyl halides is 6. The van der Waals surface area contributed by atoms with Crippen LogP contribution in [-0.4, -0.2) is 22.4 Å². The van der Waals surface area contributed by atoms with Crippen molar-refractivity contribution >= 4 is 5.69 Å². The molecule has 0 spiro atoms. The van der Waals surface area contributed by atoms with Crippen molar-refractivity contribution < 1.29 is 36.4 Å². The van der Waals surface area contributed by atoms with Gasteiger partial charge in [-0.3, -0.25) is 10.1 Å². The topological polar surface area (TPSA) is 63.4 Å². The third-order valence-corrected chi connectivity index (χ3v) is 2.18. The number of rotatable bonds is 2. The van der Waals surface area contributed by atoms with Gasteiger partial charge in [-0.1, -0.05) is 0 Å². The highest BCUT2D eigenvalue weighted by atomic mass is 19.4. The Hall–Kier alpha value is -2.00. The average Bonchev–Trinajstić information content (AvgIpc) is 2.16. The summed E-state index contributed by atoms with van der Waals surface area (Å²) in [6.07, 6.45) is -11.5. The number of nitro groups is 1. The first-order valence-corrected chi connectivity index (χ1v) is 4.55. The van der Waals surface area contributed by atoms with Crippen LogP contribution in [0.3, 0.4) is 0 Å². The molecule has 0 saturated carbocycles. The number of nitrogens with zero attached hydrogens (tertiary/aromatic N) is 1. The standard InChI is InChI=1S/C9H5F6NO3/c10-8(11,12)7(9(13,14)15)5-2-1-4(17)3-6(5)16(18)19/h1-3,7,17H. The van der Waals surface area contributed by atoms with Gasteiger partial charge in [0.15, 0.2) is 5.92 Å². The molecule has 0 amide bonds. The lowest BCUT2D eigenvalue weighted by Gasteiger charge is -2.23. The molecule has 1 N–H and O–H groups in total. The van der Waals surface area contributed by atoms with E-state index in [2.05, 4.69) is 0 Å². The van der Waals surface area contributed by atoms with Gasteiger partial charge in [-0.25, -0.2) is 0 Å². The van der Waals surface area contributed by atoms with E-state index < -0.39 is 40.2 Å². The van der Waals surface area contributed by atoms with Gasteiger partial charge < -0.3 is 5.11 Å². The van der Waals surface area contributed by atoms with E-state index in [4.69, 9.17) is 5.11 Å². The zero-order valence-electron chi connectivity index (χ0n) is 8.79. The summed E-state index contributed by atoms with van der Waals surface area (Å²) in [5, 5.41) is 19.4. The fourth-order valence-corrected chi connectivity index (χ4v) is 1.47. The summed E-state index contributed by atoms with van der Waals surface area (Å²) in [6.45, 7) is 0. The lowest BCUT2D eigenvalue weighted by Crippen LogP contribution is -2.34. The largest absolute Gasteiger partial charge is 0.508 e. The Morgan fingerprint density at radius 3 is 1.95 bits per heavy atom. The zero-order valence-corrected chi connectivity index (χ0v) is 8.79. The lowest BCUT2D eigenvalue weighted by molar-refractivity contribution is -0.387. The van der Waals surface area contributed by atoms with E-state index in [0.29, 0.717) is 6.07 Å². The Morgan fingerprint density at radius 1 is 1.11 bits per heavy atom. The third-order valence-electron chi connectivity index (χ3n) is 2.18. The van der Waals surface area contributed by atoms with Crippen LogP contribution < -0.4 is 0 Å². The first kappa shape index (κ1) is 15.1. The van der Waals surface area contributed by atoms with Gasteiger partial charge in [-0.2, -0.15) is 26.3 Å². The van der Waals surface area contributed by atoms with Crippen molar-refractivity contribution in [2.24, 2.45) is 0 Å². The normalized spacial score (nSPS) is 12.8. The van der Waals surface area contributed by atoms with Crippen LogP contribution in [0.25, 0.3) is 0 Å². The van der Waals surface area contributed by atoms with Crippen LogP contribution in [-0.2, 0) is 0 Å². The second kappa shape index (κ2) is 4.59. The smallest absolute Gasteiger partial charge is 0.404 e. The summed E-state index contributed by atoms with van der Waals surface area (Å²) < 4.78 is 74.6. The molecule has 0 fully saturated rings. The Balaban J connectivity index is 3.52. The molecule has 1 aromatic rings. The first-order valence-electron chi connectivity index (χ1n) is 4.55. The Kier molecular flexibility index (Phi) is 3.64. The van der Waals surface area contributed by atoms with E-state index in [-0.39, 0.29) is 12.1 Å². The number of aromatic hydroxyl groups is 1. The highest BCUT2D eigenvalue weighted by molar-refractivity contribution is 5.48. The maximum Gasteiger partial charge on any atom is 0.404 e. The molecule has 10 heteroatoms. The number of nitro benzene ring substituents is 1. The average molecular weight is 289 g/mol. The minimum Gasteiger partial charge on any atom is -0.508 e. The van der Waals surface area contributed by atoms with E-state index in [1.54, 1.807) is 0 Å². The number of hydrogen-bond donors (Lipinski definition) is 1. The van der Waals surface area contributed by atoms with Crippen LogP contribution in [0.15, 0.2) is 18.2 Å². The first-order chi connectivity index (χ1) is 8.44. The minimum atomic E-state index is -5.74. The van der Waals surface area contributed by atoms with Gasteiger partial charge in [0.2, 0.25) is 0 Å².